The molecule has 2 rings (SSSR count). The van der Waals surface area contributed by atoms with E-state index in [2.05, 4.69) is 39.9 Å². The fraction of sp³-hybridized carbons (Fsp3) is 0.429. The minimum atomic E-state index is 0.191. The monoisotopic (exact) mass is 355 g/mol. The lowest BCUT2D eigenvalue weighted by Gasteiger charge is -2.19. The average molecular weight is 356 g/mol. The van der Waals surface area contributed by atoms with Gasteiger partial charge in [0.15, 0.2) is 11.5 Å². The third kappa shape index (κ3) is 2.89. The molecule has 0 spiro atoms. The van der Waals surface area contributed by atoms with Gasteiger partial charge in [0, 0.05) is 11.1 Å². The maximum Gasteiger partial charge on any atom is 0.240 e. The summed E-state index contributed by atoms with van der Waals surface area (Å²) in [5.74, 6) is 2.38. The first kappa shape index (κ1) is 15.8. The van der Waals surface area contributed by atoms with Crippen LogP contribution in [0.5, 0.6) is 11.5 Å². The van der Waals surface area contributed by atoms with Crippen LogP contribution in [0.3, 0.4) is 0 Å². The maximum absolute atomic E-state index is 5.54. The van der Waals surface area contributed by atoms with Crippen molar-refractivity contribution in [2.75, 3.05) is 14.2 Å². The summed E-state index contributed by atoms with van der Waals surface area (Å²) in [6.45, 7) is 4.34. The molecule has 0 aliphatic carbocycles. The molecule has 0 amide bonds. The van der Waals surface area contributed by atoms with E-state index >= 15 is 0 Å². The van der Waals surface area contributed by atoms with Crippen LogP contribution in [0, 0.1) is 0 Å². The second kappa shape index (κ2) is 6.44. The Labute approximate surface area is 131 Å². The van der Waals surface area contributed by atoms with Crippen molar-refractivity contribution in [1.82, 2.24) is 10.1 Å². The molecule has 0 radical (unpaired) electrons. The quantitative estimate of drug-likeness (QED) is 0.886. The van der Waals surface area contributed by atoms with Crippen molar-refractivity contribution in [2.24, 2.45) is 5.73 Å². The van der Waals surface area contributed by atoms with Crippen LogP contribution in [0.25, 0.3) is 11.4 Å². The fourth-order valence-electron chi connectivity index (χ4n) is 2.22. The first-order valence-electron chi connectivity index (χ1n) is 6.50. The topological polar surface area (TPSA) is 83.4 Å². The fourth-order valence-corrected chi connectivity index (χ4v) is 2.79. The highest BCUT2D eigenvalue weighted by Crippen LogP contribution is 2.46. The molecule has 0 fully saturated rings. The molecule has 2 aromatic rings. The zero-order valence-electron chi connectivity index (χ0n) is 12.4. The van der Waals surface area contributed by atoms with Crippen molar-refractivity contribution in [2.45, 2.75) is 26.3 Å². The van der Waals surface area contributed by atoms with Gasteiger partial charge < -0.3 is 19.7 Å². The van der Waals surface area contributed by atoms with Gasteiger partial charge in [-0.25, -0.2) is 0 Å². The lowest BCUT2D eigenvalue weighted by atomic mass is 9.95. The summed E-state index contributed by atoms with van der Waals surface area (Å²) in [4.78, 5) is 4.29. The van der Waals surface area contributed by atoms with Gasteiger partial charge in [-0.1, -0.05) is 19.0 Å². The van der Waals surface area contributed by atoms with Gasteiger partial charge >= 0.3 is 0 Å². The Kier molecular flexibility index (Phi) is 4.84. The van der Waals surface area contributed by atoms with Crippen molar-refractivity contribution in [3.8, 4) is 22.9 Å². The Morgan fingerprint density at radius 1 is 1.29 bits per heavy atom. The number of halogens is 1. The van der Waals surface area contributed by atoms with Crippen LogP contribution in [-0.2, 0) is 6.54 Å². The molecule has 1 aromatic carbocycles. The number of methoxy groups -OCH3 is 2. The van der Waals surface area contributed by atoms with Gasteiger partial charge in [-0.15, -0.1) is 0 Å². The SMILES string of the molecule is COc1c(Br)cc(-c2noc(CN)n2)c(C(C)C)c1OC. The normalized spacial score (nSPS) is 11.0. The summed E-state index contributed by atoms with van der Waals surface area (Å²) in [5.41, 5.74) is 7.31. The lowest BCUT2D eigenvalue weighted by molar-refractivity contribution is 0.348. The van der Waals surface area contributed by atoms with Crippen LogP contribution in [0.15, 0.2) is 15.1 Å². The number of hydrogen-bond donors (Lipinski definition) is 1. The Hall–Kier alpha value is -1.60. The number of hydrogen-bond acceptors (Lipinski definition) is 6. The molecule has 1 heterocycles. The van der Waals surface area contributed by atoms with Crippen LogP contribution >= 0.6 is 15.9 Å². The third-order valence-corrected chi connectivity index (χ3v) is 3.69. The Bertz CT molecular complexity index is 641. The molecular formula is C14H18BrN3O3. The maximum atomic E-state index is 5.54. The zero-order chi connectivity index (χ0) is 15.6. The van der Waals surface area contributed by atoms with Crippen LogP contribution < -0.4 is 15.2 Å². The smallest absolute Gasteiger partial charge is 0.240 e. The minimum Gasteiger partial charge on any atom is -0.492 e. The van der Waals surface area contributed by atoms with Gasteiger partial charge in [-0.3, -0.25) is 0 Å². The number of aromatic nitrogens is 2. The summed E-state index contributed by atoms with van der Waals surface area (Å²) in [5, 5.41) is 3.99. The number of nitrogens with two attached hydrogens (primary N) is 1. The van der Waals surface area contributed by atoms with Gasteiger partial charge in [0.1, 0.15) is 0 Å². The van der Waals surface area contributed by atoms with E-state index in [0.29, 0.717) is 23.2 Å². The third-order valence-electron chi connectivity index (χ3n) is 3.10. The van der Waals surface area contributed by atoms with Gasteiger partial charge in [-0.2, -0.15) is 4.98 Å². The van der Waals surface area contributed by atoms with Gasteiger partial charge in [0.25, 0.3) is 0 Å². The Balaban J connectivity index is 2.72. The number of nitrogens with zero attached hydrogens (tertiary/aromatic N) is 2. The highest BCUT2D eigenvalue weighted by atomic mass is 79.9. The second-order valence-corrected chi connectivity index (χ2v) is 5.61. The van der Waals surface area contributed by atoms with Crippen LogP contribution in [0.4, 0.5) is 0 Å². The van der Waals surface area contributed by atoms with E-state index < -0.39 is 0 Å². The summed E-state index contributed by atoms with van der Waals surface area (Å²) >= 11 is 3.49. The first-order chi connectivity index (χ1) is 10.0. The van der Waals surface area contributed by atoms with E-state index in [0.717, 1.165) is 15.6 Å². The van der Waals surface area contributed by atoms with Crippen molar-refractivity contribution in [3.63, 3.8) is 0 Å². The second-order valence-electron chi connectivity index (χ2n) is 4.76. The zero-order valence-corrected chi connectivity index (χ0v) is 14.0. The summed E-state index contributed by atoms with van der Waals surface area (Å²) in [6.07, 6.45) is 0. The van der Waals surface area contributed by atoms with Crippen molar-refractivity contribution < 1.29 is 14.0 Å². The largest absolute Gasteiger partial charge is 0.492 e. The van der Waals surface area contributed by atoms with E-state index in [1.54, 1.807) is 14.2 Å². The molecule has 0 saturated heterocycles. The standard InChI is InChI=1S/C14H18BrN3O3/c1-7(2)11-8(14-17-10(6-16)21-18-14)5-9(15)12(19-3)13(11)20-4/h5,7H,6,16H2,1-4H3. The van der Waals surface area contributed by atoms with E-state index in [-0.39, 0.29) is 12.5 Å². The molecule has 21 heavy (non-hydrogen) atoms. The molecule has 6 nitrogen and oxygen atoms in total. The van der Waals surface area contributed by atoms with Crippen LogP contribution in [0.2, 0.25) is 0 Å². The van der Waals surface area contributed by atoms with Crippen molar-refractivity contribution >= 4 is 15.9 Å². The van der Waals surface area contributed by atoms with E-state index in [4.69, 9.17) is 19.7 Å². The Morgan fingerprint density at radius 3 is 2.43 bits per heavy atom. The molecule has 1 aromatic heterocycles. The predicted molar refractivity (Wildman–Crippen MR) is 82.5 cm³/mol. The molecule has 0 atom stereocenters. The van der Waals surface area contributed by atoms with E-state index in [9.17, 15) is 0 Å². The molecule has 0 aliphatic heterocycles. The summed E-state index contributed by atoms with van der Waals surface area (Å²) in [6, 6.07) is 1.90. The summed E-state index contributed by atoms with van der Waals surface area (Å²) in [7, 11) is 3.22. The van der Waals surface area contributed by atoms with Gasteiger partial charge in [0.05, 0.1) is 25.2 Å². The number of benzene rings is 1. The summed E-state index contributed by atoms with van der Waals surface area (Å²) < 4.78 is 16.8. The van der Waals surface area contributed by atoms with Gasteiger partial charge in [0.2, 0.25) is 11.7 Å². The van der Waals surface area contributed by atoms with E-state index in [1.807, 2.05) is 6.07 Å². The van der Waals surface area contributed by atoms with Gasteiger partial charge in [-0.05, 0) is 27.9 Å². The van der Waals surface area contributed by atoms with Crippen molar-refractivity contribution in [3.05, 3.63) is 22.0 Å². The molecule has 0 unspecified atom stereocenters. The molecule has 2 N–H and O–H groups in total. The molecule has 0 aliphatic rings. The van der Waals surface area contributed by atoms with Crippen LogP contribution in [0.1, 0.15) is 31.2 Å². The first-order valence-corrected chi connectivity index (χ1v) is 7.30. The molecule has 114 valence electrons. The number of rotatable bonds is 5. The lowest BCUT2D eigenvalue weighted by Crippen LogP contribution is -2.02. The Morgan fingerprint density at radius 2 is 1.95 bits per heavy atom. The van der Waals surface area contributed by atoms with E-state index in [1.165, 1.54) is 0 Å². The highest BCUT2D eigenvalue weighted by Gasteiger charge is 2.24. The molecule has 7 heteroatoms. The van der Waals surface area contributed by atoms with Crippen LogP contribution in [-0.4, -0.2) is 24.4 Å². The number of ether oxygens (including phenoxy) is 2. The predicted octanol–water partition coefficient (Wildman–Crippen LogP) is 3.10. The average Bonchev–Trinajstić information content (AvgIpc) is 2.94. The molecule has 0 bridgehead atoms. The highest BCUT2D eigenvalue weighted by molar-refractivity contribution is 9.10. The van der Waals surface area contributed by atoms with Crippen molar-refractivity contribution in [1.29, 1.82) is 0 Å². The minimum absolute atomic E-state index is 0.191. The molecule has 0 saturated carbocycles. The molecular weight excluding hydrogens is 338 g/mol.